The largest absolute Gasteiger partial charge is 0.339 e. The molecule has 0 bridgehead atoms. The molecule has 2 heterocycles. The van der Waals surface area contributed by atoms with E-state index < -0.39 is 0 Å². The van der Waals surface area contributed by atoms with Crippen molar-refractivity contribution < 1.29 is 4.79 Å². The van der Waals surface area contributed by atoms with Crippen molar-refractivity contribution in [3.63, 3.8) is 0 Å². The fraction of sp³-hybridized carbons (Fsp3) is 0.667. The number of aromatic nitrogens is 2. The Kier molecular flexibility index (Phi) is 4.33. The number of hydrogen-bond donors (Lipinski definition) is 1. The van der Waals surface area contributed by atoms with Crippen LogP contribution in [-0.2, 0) is 17.8 Å². The van der Waals surface area contributed by atoms with E-state index in [1.807, 2.05) is 15.7 Å². The predicted octanol–water partition coefficient (Wildman–Crippen LogP) is -0.842. The van der Waals surface area contributed by atoms with Crippen molar-refractivity contribution in [3.05, 3.63) is 18.2 Å². The Bertz CT molecular complexity index is 395. The zero-order valence-corrected chi connectivity index (χ0v) is 10.9. The summed E-state index contributed by atoms with van der Waals surface area (Å²) in [5.41, 5.74) is 6.42. The first-order valence-corrected chi connectivity index (χ1v) is 6.36. The van der Waals surface area contributed by atoms with Gasteiger partial charge in [0.25, 0.3) is 0 Å². The molecule has 1 aromatic rings. The smallest absolute Gasteiger partial charge is 0.242 e. The molecule has 1 aromatic heterocycles. The number of amides is 1. The lowest BCUT2D eigenvalue weighted by Crippen LogP contribution is -2.48. The lowest BCUT2D eigenvalue weighted by atomic mass is 10.3. The van der Waals surface area contributed by atoms with Gasteiger partial charge in [-0.05, 0) is 13.6 Å². The van der Waals surface area contributed by atoms with Crippen LogP contribution in [-0.4, -0.2) is 65.0 Å². The van der Waals surface area contributed by atoms with Gasteiger partial charge in [-0.2, -0.15) is 0 Å². The van der Waals surface area contributed by atoms with E-state index in [9.17, 15) is 4.79 Å². The van der Waals surface area contributed by atoms with Gasteiger partial charge < -0.3 is 20.1 Å². The highest BCUT2D eigenvalue weighted by atomic mass is 16.2. The van der Waals surface area contributed by atoms with Crippen LogP contribution in [0.5, 0.6) is 0 Å². The molecule has 0 aromatic carbocycles. The van der Waals surface area contributed by atoms with Crippen molar-refractivity contribution in [2.75, 3.05) is 39.8 Å². The summed E-state index contributed by atoms with van der Waals surface area (Å²) in [6, 6.07) is 0. The molecule has 1 saturated heterocycles. The Morgan fingerprint density at radius 2 is 2.11 bits per heavy atom. The van der Waals surface area contributed by atoms with Crippen molar-refractivity contribution in [2.24, 2.45) is 5.73 Å². The Hall–Kier alpha value is -1.40. The molecule has 1 aliphatic heterocycles. The molecule has 2 N–H and O–H groups in total. The lowest BCUT2D eigenvalue weighted by Gasteiger charge is -2.32. The summed E-state index contributed by atoms with van der Waals surface area (Å²) >= 11 is 0. The van der Waals surface area contributed by atoms with Crippen LogP contribution in [0, 0.1) is 0 Å². The van der Waals surface area contributed by atoms with Gasteiger partial charge in [0, 0.05) is 38.8 Å². The molecule has 6 heteroatoms. The summed E-state index contributed by atoms with van der Waals surface area (Å²) in [5.74, 6) is 0.166. The van der Waals surface area contributed by atoms with Crippen LogP contribution < -0.4 is 5.73 Å². The van der Waals surface area contributed by atoms with Gasteiger partial charge >= 0.3 is 0 Å². The van der Waals surface area contributed by atoms with Crippen molar-refractivity contribution in [2.45, 2.75) is 13.0 Å². The number of nitrogens with zero attached hydrogens (tertiary/aromatic N) is 4. The van der Waals surface area contributed by atoms with Gasteiger partial charge in [-0.25, -0.2) is 4.98 Å². The minimum absolute atomic E-state index is 0.166. The summed E-state index contributed by atoms with van der Waals surface area (Å²) in [6.45, 7) is 4.51. The van der Waals surface area contributed by atoms with E-state index in [0.29, 0.717) is 13.1 Å². The van der Waals surface area contributed by atoms with Gasteiger partial charge in [-0.15, -0.1) is 0 Å². The molecule has 100 valence electrons. The molecular weight excluding hydrogens is 230 g/mol. The first-order chi connectivity index (χ1) is 8.69. The van der Waals surface area contributed by atoms with Crippen molar-refractivity contribution in [1.29, 1.82) is 0 Å². The van der Waals surface area contributed by atoms with E-state index in [2.05, 4.69) is 16.9 Å². The number of carbonyl (C=O) groups is 1. The van der Waals surface area contributed by atoms with Gasteiger partial charge in [0.05, 0.1) is 12.0 Å². The zero-order valence-electron chi connectivity index (χ0n) is 10.9. The average Bonchev–Trinajstić information content (AvgIpc) is 2.78. The molecule has 0 radical (unpaired) electrons. The monoisotopic (exact) mass is 251 g/mol. The minimum Gasteiger partial charge on any atom is -0.339 e. The molecule has 0 saturated carbocycles. The second-order valence-corrected chi connectivity index (χ2v) is 4.76. The van der Waals surface area contributed by atoms with Crippen LogP contribution >= 0.6 is 0 Å². The molecule has 0 spiro atoms. The molecule has 1 amide bonds. The third-order valence-electron chi connectivity index (χ3n) is 3.26. The number of nitrogens with two attached hydrogens (primary N) is 1. The van der Waals surface area contributed by atoms with E-state index in [-0.39, 0.29) is 5.91 Å². The molecule has 1 fully saturated rings. The van der Waals surface area contributed by atoms with E-state index in [0.717, 1.165) is 38.3 Å². The second kappa shape index (κ2) is 5.97. The highest BCUT2D eigenvalue weighted by Gasteiger charge is 2.18. The second-order valence-electron chi connectivity index (χ2n) is 4.76. The lowest BCUT2D eigenvalue weighted by molar-refractivity contribution is -0.133. The van der Waals surface area contributed by atoms with Crippen LogP contribution in [0.4, 0.5) is 0 Å². The number of likely N-dealkylation sites (N-methyl/N-ethyl adjacent to an activating group) is 1. The van der Waals surface area contributed by atoms with Crippen LogP contribution in [0.1, 0.15) is 5.69 Å². The summed E-state index contributed by atoms with van der Waals surface area (Å²) in [5, 5.41) is 0. The SMILES string of the molecule is CN1CCN(C(=O)Cn2cnc(CCN)c2)CC1. The molecule has 1 aliphatic rings. The molecule has 6 nitrogen and oxygen atoms in total. The summed E-state index contributed by atoms with van der Waals surface area (Å²) in [4.78, 5) is 20.5. The Morgan fingerprint density at radius 1 is 1.39 bits per heavy atom. The van der Waals surface area contributed by atoms with E-state index in [1.54, 1.807) is 6.33 Å². The van der Waals surface area contributed by atoms with Gasteiger partial charge in [-0.3, -0.25) is 4.79 Å². The Balaban J connectivity index is 1.86. The number of imidazole rings is 1. The minimum atomic E-state index is 0.166. The quantitative estimate of drug-likeness (QED) is 0.757. The van der Waals surface area contributed by atoms with Crippen LogP contribution in [0.15, 0.2) is 12.5 Å². The third-order valence-corrected chi connectivity index (χ3v) is 3.26. The van der Waals surface area contributed by atoms with E-state index in [1.165, 1.54) is 0 Å². The molecule has 0 unspecified atom stereocenters. The fourth-order valence-electron chi connectivity index (χ4n) is 2.08. The topological polar surface area (TPSA) is 67.4 Å². The van der Waals surface area contributed by atoms with Crippen LogP contribution in [0.3, 0.4) is 0 Å². The molecular formula is C12H21N5O. The van der Waals surface area contributed by atoms with Crippen LogP contribution in [0.2, 0.25) is 0 Å². The van der Waals surface area contributed by atoms with Crippen molar-refractivity contribution in [3.8, 4) is 0 Å². The van der Waals surface area contributed by atoms with E-state index in [4.69, 9.17) is 5.73 Å². The fourth-order valence-corrected chi connectivity index (χ4v) is 2.08. The Labute approximate surface area is 107 Å². The number of rotatable bonds is 4. The molecule has 18 heavy (non-hydrogen) atoms. The number of piperazine rings is 1. The molecule has 0 aliphatic carbocycles. The van der Waals surface area contributed by atoms with Crippen molar-refractivity contribution in [1.82, 2.24) is 19.4 Å². The standard InChI is InChI=1S/C12H21N5O/c1-15-4-6-17(7-5-15)12(18)9-16-8-11(2-3-13)14-10-16/h8,10H,2-7,9,13H2,1H3. The van der Waals surface area contributed by atoms with Crippen LogP contribution in [0.25, 0.3) is 0 Å². The summed E-state index contributed by atoms with van der Waals surface area (Å²) < 4.78 is 1.84. The summed E-state index contributed by atoms with van der Waals surface area (Å²) in [6.07, 6.45) is 4.37. The maximum atomic E-state index is 12.1. The predicted molar refractivity (Wildman–Crippen MR) is 69.1 cm³/mol. The average molecular weight is 251 g/mol. The highest BCUT2D eigenvalue weighted by Crippen LogP contribution is 2.03. The van der Waals surface area contributed by atoms with Gasteiger partial charge in [0.15, 0.2) is 0 Å². The first-order valence-electron chi connectivity index (χ1n) is 6.36. The zero-order chi connectivity index (χ0) is 13.0. The highest BCUT2D eigenvalue weighted by molar-refractivity contribution is 5.76. The maximum Gasteiger partial charge on any atom is 0.242 e. The van der Waals surface area contributed by atoms with E-state index >= 15 is 0 Å². The van der Waals surface area contributed by atoms with Crippen molar-refractivity contribution >= 4 is 5.91 Å². The third kappa shape index (κ3) is 3.30. The number of carbonyl (C=O) groups excluding carboxylic acids is 1. The Morgan fingerprint density at radius 3 is 2.78 bits per heavy atom. The maximum absolute atomic E-state index is 12.1. The number of hydrogen-bond acceptors (Lipinski definition) is 4. The van der Waals surface area contributed by atoms with Gasteiger partial charge in [0.1, 0.15) is 6.54 Å². The first kappa shape index (κ1) is 13.0. The summed E-state index contributed by atoms with van der Waals surface area (Å²) in [7, 11) is 2.08. The van der Waals surface area contributed by atoms with Gasteiger partial charge in [0.2, 0.25) is 5.91 Å². The molecule has 0 atom stereocenters. The van der Waals surface area contributed by atoms with Gasteiger partial charge in [-0.1, -0.05) is 0 Å². The normalized spacial score (nSPS) is 17.1. The molecule has 2 rings (SSSR count).